The lowest BCUT2D eigenvalue weighted by molar-refractivity contribution is 0.220. The highest BCUT2D eigenvalue weighted by molar-refractivity contribution is 9.10. The highest BCUT2D eigenvalue weighted by atomic mass is 79.9. The van der Waals surface area contributed by atoms with E-state index in [1.54, 1.807) is 36.4 Å². The Bertz CT molecular complexity index is 545. The molecule has 88 valence electrons. The van der Waals surface area contributed by atoms with E-state index in [1.165, 1.54) is 6.07 Å². The van der Waals surface area contributed by atoms with Crippen LogP contribution in [0.1, 0.15) is 17.2 Å². The highest BCUT2D eigenvalue weighted by Gasteiger charge is 2.14. The first-order valence-electron chi connectivity index (χ1n) is 4.97. The first-order chi connectivity index (χ1) is 8.09. The molecule has 1 N–H and O–H groups in total. The van der Waals surface area contributed by atoms with Crippen LogP contribution < -0.4 is 0 Å². The Hall–Kier alpha value is -0.900. The summed E-state index contributed by atoms with van der Waals surface area (Å²) in [4.78, 5) is 0. The van der Waals surface area contributed by atoms with Gasteiger partial charge in [-0.2, -0.15) is 0 Å². The van der Waals surface area contributed by atoms with Gasteiger partial charge < -0.3 is 5.11 Å². The minimum Gasteiger partial charge on any atom is -0.384 e. The van der Waals surface area contributed by atoms with Gasteiger partial charge in [-0.3, -0.25) is 0 Å². The molecule has 2 aromatic carbocycles. The van der Waals surface area contributed by atoms with Crippen LogP contribution in [0.5, 0.6) is 0 Å². The van der Waals surface area contributed by atoms with Crippen molar-refractivity contribution in [2.45, 2.75) is 6.10 Å². The number of hydrogen-bond donors (Lipinski definition) is 1. The molecule has 4 heteroatoms. The minimum atomic E-state index is -0.925. The molecule has 0 aliphatic heterocycles. The molecule has 0 bridgehead atoms. The van der Waals surface area contributed by atoms with Crippen molar-refractivity contribution in [1.29, 1.82) is 0 Å². The third-order valence-corrected chi connectivity index (χ3v) is 3.45. The molecular formula is C13H9BrClFO. The molecule has 0 saturated heterocycles. The molecule has 0 aliphatic carbocycles. The number of rotatable bonds is 2. The van der Waals surface area contributed by atoms with Gasteiger partial charge in [0.2, 0.25) is 0 Å². The summed E-state index contributed by atoms with van der Waals surface area (Å²) in [6.45, 7) is 0. The molecule has 1 atom stereocenters. The van der Waals surface area contributed by atoms with Gasteiger partial charge in [-0.25, -0.2) is 4.39 Å². The average molecular weight is 316 g/mol. The largest absolute Gasteiger partial charge is 0.384 e. The summed E-state index contributed by atoms with van der Waals surface area (Å²) in [6, 6.07) is 11.5. The van der Waals surface area contributed by atoms with E-state index < -0.39 is 11.9 Å². The smallest absolute Gasteiger partial charge is 0.137 e. The second kappa shape index (κ2) is 5.17. The quantitative estimate of drug-likeness (QED) is 0.875. The average Bonchev–Trinajstić information content (AvgIpc) is 2.32. The van der Waals surface area contributed by atoms with Crippen molar-refractivity contribution < 1.29 is 9.50 Å². The SMILES string of the molecule is OC(c1ccc(Br)c(F)c1)c1ccccc1Cl. The van der Waals surface area contributed by atoms with E-state index in [9.17, 15) is 9.50 Å². The molecule has 0 saturated carbocycles. The van der Waals surface area contributed by atoms with Crippen LogP contribution in [0.4, 0.5) is 4.39 Å². The third-order valence-electron chi connectivity index (χ3n) is 2.46. The van der Waals surface area contributed by atoms with Crippen molar-refractivity contribution in [3.8, 4) is 0 Å². The molecule has 0 aliphatic rings. The summed E-state index contributed by atoms with van der Waals surface area (Å²) in [5, 5.41) is 10.6. The number of hydrogen-bond acceptors (Lipinski definition) is 1. The third kappa shape index (κ3) is 2.68. The molecule has 0 heterocycles. The molecular weight excluding hydrogens is 306 g/mol. The fraction of sp³-hybridized carbons (Fsp3) is 0.0769. The van der Waals surface area contributed by atoms with Crippen molar-refractivity contribution in [2.75, 3.05) is 0 Å². The number of aliphatic hydroxyl groups is 1. The van der Waals surface area contributed by atoms with Crippen LogP contribution in [0.3, 0.4) is 0 Å². The Morgan fingerprint density at radius 2 is 1.88 bits per heavy atom. The Morgan fingerprint density at radius 3 is 2.53 bits per heavy atom. The summed E-state index contributed by atoms with van der Waals surface area (Å²) < 4.78 is 13.7. The summed E-state index contributed by atoms with van der Waals surface area (Å²) >= 11 is 9.04. The molecule has 2 rings (SSSR count). The summed E-state index contributed by atoms with van der Waals surface area (Å²) in [6.07, 6.45) is -0.925. The van der Waals surface area contributed by atoms with Crippen LogP contribution in [0.2, 0.25) is 5.02 Å². The zero-order valence-corrected chi connectivity index (χ0v) is 11.0. The van der Waals surface area contributed by atoms with Gasteiger partial charge in [0, 0.05) is 10.6 Å². The summed E-state index contributed by atoms with van der Waals surface area (Å²) in [5.41, 5.74) is 1.04. The van der Waals surface area contributed by atoms with Gasteiger partial charge in [-0.1, -0.05) is 35.9 Å². The van der Waals surface area contributed by atoms with Crippen LogP contribution in [-0.2, 0) is 0 Å². The molecule has 0 spiro atoms. The predicted octanol–water partition coefficient (Wildman–Crippen LogP) is 4.32. The maximum atomic E-state index is 13.4. The Kier molecular flexibility index (Phi) is 3.82. The standard InChI is InChI=1S/C13H9BrClFO/c14-10-6-5-8(7-12(10)16)13(17)9-3-1-2-4-11(9)15/h1-7,13,17H. The van der Waals surface area contributed by atoms with Gasteiger partial charge in [0.25, 0.3) is 0 Å². The van der Waals surface area contributed by atoms with Crippen LogP contribution >= 0.6 is 27.5 Å². The van der Waals surface area contributed by atoms with Crippen molar-refractivity contribution in [1.82, 2.24) is 0 Å². The van der Waals surface area contributed by atoms with Crippen LogP contribution in [0.25, 0.3) is 0 Å². The van der Waals surface area contributed by atoms with E-state index in [4.69, 9.17) is 11.6 Å². The zero-order valence-electron chi connectivity index (χ0n) is 8.70. The second-order valence-corrected chi connectivity index (χ2v) is 4.86. The van der Waals surface area contributed by atoms with Crippen molar-refractivity contribution in [3.05, 3.63) is 68.9 Å². The topological polar surface area (TPSA) is 20.2 Å². The number of benzene rings is 2. The normalized spacial score (nSPS) is 12.5. The predicted molar refractivity (Wildman–Crippen MR) is 69.6 cm³/mol. The molecule has 1 unspecified atom stereocenters. The maximum Gasteiger partial charge on any atom is 0.137 e. The molecule has 17 heavy (non-hydrogen) atoms. The monoisotopic (exact) mass is 314 g/mol. The first-order valence-corrected chi connectivity index (χ1v) is 6.14. The fourth-order valence-corrected chi connectivity index (χ4v) is 2.04. The maximum absolute atomic E-state index is 13.4. The van der Waals surface area contributed by atoms with Crippen molar-refractivity contribution in [3.63, 3.8) is 0 Å². The van der Waals surface area contributed by atoms with E-state index in [0.717, 1.165) is 0 Å². The van der Waals surface area contributed by atoms with Gasteiger partial charge >= 0.3 is 0 Å². The second-order valence-electron chi connectivity index (χ2n) is 3.60. The molecule has 1 nitrogen and oxygen atoms in total. The number of aliphatic hydroxyl groups excluding tert-OH is 1. The van der Waals surface area contributed by atoms with Crippen LogP contribution in [0, 0.1) is 5.82 Å². The van der Waals surface area contributed by atoms with Gasteiger partial charge in [0.1, 0.15) is 11.9 Å². The Balaban J connectivity index is 2.40. The van der Waals surface area contributed by atoms with Crippen LogP contribution in [0.15, 0.2) is 46.9 Å². The summed E-state index contributed by atoms with van der Waals surface area (Å²) in [5.74, 6) is -0.409. The van der Waals surface area contributed by atoms with E-state index in [1.807, 2.05) is 0 Å². The molecule has 0 aromatic heterocycles. The Labute approximate surface area is 112 Å². The van der Waals surface area contributed by atoms with Crippen molar-refractivity contribution in [2.24, 2.45) is 0 Å². The lowest BCUT2D eigenvalue weighted by Crippen LogP contribution is -2.01. The Morgan fingerprint density at radius 1 is 1.18 bits per heavy atom. The molecule has 0 fully saturated rings. The summed E-state index contributed by atoms with van der Waals surface area (Å²) in [7, 11) is 0. The molecule has 0 radical (unpaired) electrons. The highest BCUT2D eigenvalue weighted by Crippen LogP contribution is 2.29. The molecule has 0 amide bonds. The van der Waals surface area contributed by atoms with Gasteiger partial charge in [0.15, 0.2) is 0 Å². The molecule has 2 aromatic rings. The van der Waals surface area contributed by atoms with E-state index in [-0.39, 0.29) is 0 Å². The van der Waals surface area contributed by atoms with Crippen molar-refractivity contribution >= 4 is 27.5 Å². The fourth-order valence-electron chi connectivity index (χ4n) is 1.56. The lowest BCUT2D eigenvalue weighted by Gasteiger charge is -2.13. The first kappa shape index (κ1) is 12.6. The zero-order chi connectivity index (χ0) is 12.4. The van der Waals surface area contributed by atoms with Gasteiger partial charge in [-0.05, 0) is 39.7 Å². The van der Waals surface area contributed by atoms with E-state index >= 15 is 0 Å². The lowest BCUT2D eigenvalue weighted by atomic mass is 10.0. The van der Waals surface area contributed by atoms with E-state index in [0.29, 0.717) is 20.6 Å². The van der Waals surface area contributed by atoms with E-state index in [2.05, 4.69) is 15.9 Å². The van der Waals surface area contributed by atoms with Gasteiger partial charge in [-0.15, -0.1) is 0 Å². The van der Waals surface area contributed by atoms with Crippen LogP contribution in [-0.4, -0.2) is 5.11 Å². The number of halogens is 3. The minimum absolute atomic E-state index is 0.368. The van der Waals surface area contributed by atoms with Gasteiger partial charge in [0.05, 0.1) is 4.47 Å².